The summed E-state index contributed by atoms with van der Waals surface area (Å²) in [6.07, 6.45) is 0. The zero-order chi connectivity index (χ0) is 14.6. The van der Waals surface area contributed by atoms with Crippen LogP contribution < -0.4 is 16.4 Å². The SMILES string of the molecule is CCNC(C)(C)C(=O)Nc1ccc(Cl)c(C(N)=O)c1. The number of carbonyl (C=O) groups excluding carboxylic acids is 2. The Bertz CT molecular complexity index is 501. The maximum absolute atomic E-state index is 12.1. The number of amides is 2. The minimum Gasteiger partial charge on any atom is -0.366 e. The highest BCUT2D eigenvalue weighted by molar-refractivity contribution is 6.34. The number of carbonyl (C=O) groups is 2. The number of primary amides is 1. The molecule has 0 bridgehead atoms. The molecule has 0 saturated heterocycles. The lowest BCUT2D eigenvalue weighted by atomic mass is 10.0. The van der Waals surface area contributed by atoms with Crippen LogP contribution in [0.1, 0.15) is 31.1 Å². The van der Waals surface area contributed by atoms with Crippen molar-refractivity contribution in [2.45, 2.75) is 26.3 Å². The molecule has 0 spiro atoms. The number of hydrogen-bond donors (Lipinski definition) is 3. The third-order valence-electron chi connectivity index (χ3n) is 2.68. The fraction of sp³-hybridized carbons (Fsp3) is 0.385. The fourth-order valence-electron chi connectivity index (χ4n) is 1.60. The van der Waals surface area contributed by atoms with Crippen LogP contribution in [0, 0.1) is 0 Å². The highest BCUT2D eigenvalue weighted by Crippen LogP contribution is 2.21. The molecule has 0 aliphatic heterocycles. The van der Waals surface area contributed by atoms with Crippen LogP contribution in [0.5, 0.6) is 0 Å². The summed E-state index contributed by atoms with van der Waals surface area (Å²) in [7, 11) is 0. The van der Waals surface area contributed by atoms with Crippen molar-refractivity contribution in [1.29, 1.82) is 0 Å². The molecule has 0 heterocycles. The van der Waals surface area contributed by atoms with Crippen molar-refractivity contribution in [3.63, 3.8) is 0 Å². The number of likely N-dealkylation sites (N-methyl/N-ethyl adjacent to an activating group) is 1. The number of halogens is 1. The summed E-state index contributed by atoms with van der Waals surface area (Å²) in [5.41, 5.74) is 5.15. The van der Waals surface area contributed by atoms with Crippen LogP contribution in [0.15, 0.2) is 18.2 Å². The average molecular weight is 284 g/mol. The van der Waals surface area contributed by atoms with E-state index in [1.54, 1.807) is 19.9 Å². The molecule has 0 radical (unpaired) electrons. The Morgan fingerprint density at radius 3 is 2.53 bits per heavy atom. The van der Waals surface area contributed by atoms with E-state index in [1.165, 1.54) is 12.1 Å². The van der Waals surface area contributed by atoms with E-state index in [9.17, 15) is 9.59 Å². The smallest absolute Gasteiger partial charge is 0.250 e. The van der Waals surface area contributed by atoms with Gasteiger partial charge in [0.2, 0.25) is 11.8 Å². The van der Waals surface area contributed by atoms with E-state index in [0.717, 1.165) is 0 Å². The largest absolute Gasteiger partial charge is 0.366 e. The van der Waals surface area contributed by atoms with Crippen molar-refractivity contribution >= 4 is 29.1 Å². The summed E-state index contributed by atoms with van der Waals surface area (Å²) in [6, 6.07) is 4.61. The van der Waals surface area contributed by atoms with Crippen molar-refractivity contribution in [2.75, 3.05) is 11.9 Å². The van der Waals surface area contributed by atoms with Crippen molar-refractivity contribution in [1.82, 2.24) is 5.32 Å². The lowest BCUT2D eigenvalue weighted by molar-refractivity contribution is -0.121. The molecule has 6 heteroatoms. The second kappa shape index (κ2) is 6.04. The van der Waals surface area contributed by atoms with Gasteiger partial charge in [-0.25, -0.2) is 0 Å². The standard InChI is InChI=1S/C13H18ClN3O2/c1-4-16-13(2,3)12(19)17-8-5-6-10(14)9(7-8)11(15)18/h5-7,16H,4H2,1-3H3,(H2,15,18)(H,17,19). The topological polar surface area (TPSA) is 84.2 Å². The van der Waals surface area contributed by atoms with Crippen LogP contribution in [0.2, 0.25) is 5.02 Å². The fourth-order valence-corrected chi connectivity index (χ4v) is 1.81. The molecule has 104 valence electrons. The zero-order valence-electron chi connectivity index (χ0n) is 11.2. The third-order valence-corrected chi connectivity index (χ3v) is 3.01. The molecule has 0 saturated carbocycles. The highest BCUT2D eigenvalue weighted by Gasteiger charge is 2.26. The Balaban J connectivity index is 2.92. The molecule has 2 amide bonds. The van der Waals surface area contributed by atoms with Gasteiger partial charge in [-0.1, -0.05) is 18.5 Å². The Morgan fingerprint density at radius 2 is 2.00 bits per heavy atom. The van der Waals surface area contributed by atoms with Gasteiger partial charge in [0.15, 0.2) is 0 Å². The summed E-state index contributed by atoms with van der Waals surface area (Å²) < 4.78 is 0. The summed E-state index contributed by atoms with van der Waals surface area (Å²) in [5.74, 6) is -0.834. The van der Waals surface area contributed by atoms with Gasteiger partial charge < -0.3 is 16.4 Å². The van der Waals surface area contributed by atoms with Gasteiger partial charge in [0.1, 0.15) is 0 Å². The molecule has 1 aromatic carbocycles. The minimum atomic E-state index is -0.707. The quantitative estimate of drug-likeness (QED) is 0.770. The lowest BCUT2D eigenvalue weighted by Gasteiger charge is -2.24. The second-order valence-corrected chi connectivity index (χ2v) is 5.08. The van der Waals surface area contributed by atoms with Crippen molar-refractivity contribution < 1.29 is 9.59 Å². The first kappa shape index (κ1) is 15.5. The summed E-state index contributed by atoms with van der Waals surface area (Å²) in [5, 5.41) is 6.04. The van der Waals surface area contributed by atoms with Gasteiger partial charge in [-0.2, -0.15) is 0 Å². The van der Waals surface area contributed by atoms with Crippen LogP contribution >= 0.6 is 11.6 Å². The van der Waals surface area contributed by atoms with E-state index >= 15 is 0 Å². The van der Waals surface area contributed by atoms with Crippen LogP contribution in [0.3, 0.4) is 0 Å². The van der Waals surface area contributed by atoms with E-state index in [0.29, 0.717) is 12.2 Å². The highest BCUT2D eigenvalue weighted by atomic mass is 35.5. The molecular formula is C13H18ClN3O2. The molecule has 0 atom stereocenters. The van der Waals surface area contributed by atoms with Gasteiger partial charge in [0, 0.05) is 5.69 Å². The number of nitrogens with two attached hydrogens (primary N) is 1. The van der Waals surface area contributed by atoms with Crippen LogP contribution in [0.4, 0.5) is 5.69 Å². The van der Waals surface area contributed by atoms with Crippen LogP contribution in [-0.2, 0) is 4.79 Å². The lowest BCUT2D eigenvalue weighted by Crippen LogP contribution is -2.49. The molecule has 0 aliphatic carbocycles. The second-order valence-electron chi connectivity index (χ2n) is 4.67. The Morgan fingerprint density at radius 1 is 1.37 bits per heavy atom. The first-order valence-corrected chi connectivity index (χ1v) is 6.31. The molecule has 19 heavy (non-hydrogen) atoms. The maximum Gasteiger partial charge on any atom is 0.250 e. The molecule has 0 fully saturated rings. The number of nitrogens with one attached hydrogen (secondary N) is 2. The van der Waals surface area contributed by atoms with Gasteiger partial charge in [0.05, 0.1) is 16.1 Å². The minimum absolute atomic E-state index is 0.181. The third kappa shape index (κ3) is 3.94. The maximum atomic E-state index is 12.1. The van der Waals surface area contributed by atoms with E-state index in [2.05, 4.69) is 10.6 Å². The van der Waals surface area contributed by atoms with Gasteiger partial charge in [-0.05, 0) is 38.6 Å². The van der Waals surface area contributed by atoms with Crippen molar-refractivity contribution in [3.8, 4) is 0 Å². The van der Waals surface area contributed by atoms with Crippen LogP contribution in [0.25, 0.3) is 0 Å². The molecule has 0 unspecified atom stereocenters. The Labute approximate surface area is 117 Å². The predicted octanol–water partition coefficient (Wildman–Crippen LogP) is 1.77. The Hall–Kier alpha value is -1.59. The van der Waals surface area contributed by atoms with Crippen molar-refractivity contribution in [3.05, 3.63) is 28.8 Å². The number of hydrogen-bond acceptors (Lipinski definition) is 3. The summed E-state index contributed by atoms with van der Waals surface area (Å²) in [4.78, 5) is 23.2. The van der Waals surface area contributed by atoms with E-state index in [4.69, 9.17) is 17.3 Å². The summed E-state index contributed by atoms with van der Waals surface area (Å²) in [6.45, 7) is 6.14. The normalized spacial score (nSPS) is 11.2. The number of anilines is 1. The molecule has 0 aromatic heterocycles. The molecule has 5 nitrogen and oxygen atoms in total. The van der Waals surface area contributed by atoms with Gasteiger partial charge in [0.25, 0.3) is 0 Å². The summed E-state index contributed by atoms with van der Waals surface area (Å²) >= 11 is 5.84. The zero-order valence-corrected chi connectivity index (χ0v) is 12.0. The molecular weight excluding hydrogens is 266 g/mol. The predicted molar refractivity (Wildman–Crippen MR) is 76.4 cm³/mol. The van der Waals surface area contributed by atoms with E-state index < -0.39 is 11.4 Å². The van der Waals surface area contributed by atoms with E-state index in [-0.39, 0.29) is 16.5 Å². The van der Waals surface area contributed by atoms with Crippen LogP contribution in [-0.4, -0.2) is 23.9 Å². The monoisotopic (exact) mass is 283 g/mol. The Kier molecular flexibility index (Phi) is 4.91. The molecule has 1 aromatic rings. The molecule has 1 rings (SSSR count). The van der Waals surface area contributed by atoms with E-state index in [1.807, 2.05) is 6.92 Å². The van der Waals surface area contributed by atoms with Crippen molar-refractivity contribution in [2.24, 2.45) is 5.73 Å². The van der Waals surface area contributed by atoms with Gasteiger partial charge >= 0.3 is 0 Å². The average Bonchev–Trinajstić information content (AvgIpc) is 2.31. The van der Waals surface area contributed by atoms with Gasteiger partial charge in [-0.3, -0.25) is 9.59 Å². The number of benzene rings is 1. The molecule has 4 N–H and O–H groups in total. The number of rotatable bonds is 5. The molecule has 0 aliphatic rings. The first-order chi connectivity index (χ1) is 8.77. The van der Waals surface area contributed by atoms with Gasteiger partial charge in [-0.15, -0.1) is 0 Å². The first-order valence-electron chi connectivity index (χ1n) is 5.93.